The molecule has 0 saturated heterocycles. The minimum absolute atomic E-state index is 0.0480. The number of rotatable bonds is 6. The van der Waals surface area contributed by atoms with E-state index in [-0.39, 0.29) is 17.5 Å². The van der Waals surface area contributed by atoms with Crippen molar-refractivity contribution >= 4 is 34.5 Å². The van der Waals surface area contributed by atoms with E-state index in [1.165, 1.54) is 18.2 Å². The maximum Gasteiger partial charge on any atom is 0.238 e. The second-order valence-electron chi connectivity index (χ2n) is 6.91. The van der Waals surface area contributed by atoms with Crippen LogP contribution in [-0.4, -0.2) is 15.6 Å². The average molecular weight is 441 g/mol. The highest BCUT2D eigenvalue weighted by Gasteiger charge is 2.14. The maximum atomic E-state index is 14.8. The molecule has 4 aromatic rings. The lowest BCUT2D eigenvalue weighted by Crippen LogP contribution is -2.23. The first-order valence-electron chi connectivity index (χ1n) is 9.72. The topological polar surface area (TPSA) is 59.0 Å². The van der Waals surface area contributed by atoms with E-state index in [0.29, 0.717) is 34.6 Å². The van der Waals surface area contributed by atoms with Crippen LogP contribution in [0, 0.1) is 11.6 Å². The van der Waals surface area contributed by atoms with Crippen molar-refractivity contribution in [1.82, 2.24) is 9.66 Å². The molecule has 158 valence electrons. The second-order valence-corrected chi connectivity index (χ2v) is 7.29. The maximum absolute atomic E-state index is 14.8. The number of benzene rings is 3. The smallest absolute Gasteiger partial charge is 0.238 e. The highest BCUT2D eigenvalue weighted by Crippen LogP contribution is 2.31. The summed E-state index contributed by atoms with van der Waals surface area (Å²) in [5, 5.41) is 3.03. The quantitative estimate of drug-likeness (QED) is 0.402. The molecule has 0 bridgehead atoms. The summed E-state index contributed by atoms with van der Waals surface area (Å²) in [6.07, 6.45) is 0.310. The van der Waals surface area contributed by atoms with Gasteiger partial charge in [-0.05, 0) is 29.8 Å². The van der Waals surface area contributed by atoms with Crippen molar-refractivity contribution in [1.29, 1.82) is 0 Å². The van der Waals surface area contributed by atoms with Crippen LogP contribution >= 0.6 is 11.6 Å². The number of amides is 1. The molecular formula is C23H19ClF2N4O. The molecular weight excluding hydrogens is 422 g/mol. The Morgan fingerprint density at radius 1 is 1.06 bits per heavy atom. The molecule has 5 nitrogen and oxygen atoms in total. The number of imidazole rings is 1. The predicted octanol–water partition coefficient (Wildman–Crippen LogP) is 5.73. The Morgan fingerprint density at radius 3 is 2.65 bits per heavy atom. The van der Waals surface area contributed by atoms with Crippen LogP contribution in [0.5, 0.6) is 0 Å². The molecule has 0 unspecified atom stereocenters. The minimum atomic E-state index is -0.557. The molecule has 0 spiro atoms. The van der Waals surface area contributed by atoms with Gasteiger partial charge in [0, 0.05) is 24.1 Å². The largest absolute Gasteiger partial charge is 0.350 e. The fourth-order valence-electron chi connectivity index (χ4n) is 3.22. The summed E-state index contributed by atoms with van der Waals surface area (Å²) < 4.78 is 30.0. The lowest BCUT2D eigenvalue weighted by molar-refractivity contribution is -0.116. The molecule has 2 N–H and O–H groups in total. The first kappa shape index (κ1) is 20.8. The van der Waals surface area contributed by atoms with Crippen LogP contribution in [-0.2, 0) is 11.3 Å². The van der Waals surface area contributed by atoms with Gasteiger partial charge in [-0.15, -0.1) is 0 Å². The van der Waals surface area contributed by atoms with Crippen molar-refractivity contribution in [2.45, 2.75) is 19.9 Å². The van der Waals surface area contributed by atoms with Crippen LogP contribution < -0.4 is 10.7 Å². The number of nitrogens with one attached hydrogen (secondary N) is 2. The van der Waals surface area contributed by atoms with Gasteiger partial charge in [0.15, 0.2) is 0 Å². The van der Waals surface area contributed by atoms with Gasteiger partial charge in [0.2, 0.25) is 11.9 Å². The van der Waals surface area contributed by atoms with Gasteiger partial charge in [0.1, 0.15) is 11.6 Å². The lowest BCUT2D eigenvalue weighted by Gasteiger charge is -2.13. The van der Waals surface area contributed by atoms with Crippen LogP contribution in [0.25, 0.3) is 22.2 Å². The Labute approximate surface area is 182 Å². The van der Waals surface area contributed by atoms with E-state index >= 15 is 0 Å². The first-order chi connectivity index (χ1) is 15.0. The molecule has 31 heavy (non-hydrogen) atoms. The minimum Gasteiger partial charge on any atom is -0.350 e. The Kier molecular flexibility index (Phi) is 5.86. The summed E-state index contributed by atoms with van der Waals surface area (Å²) in [7, 11) is 0. The fraction of sp³-hybridized carbons (Fsp3) is 0.130. The van der Waals surface area contributed by atoms with Crippen molar-refractivity contribution in [3.8, 4) is 11.1 Å². The van der Waals surface area contributed by atoms with Crippen LogP contribution in [0.4, 0.5) is 14.7 Å². The van der Waals surface area contributed by atoms with Crippen LogP contribution in [0.2, 0.25) is 5.02 Å². The third-order valence-corrected chi connectivity index (χ3v) is 5.26. The van der Waals surface area contributed by atoms with Crippen LogP contribution in [0.1, 0.15) is 18.9 Å². The molecule has 0 radical (unpaired) electrons. The molecule has 0 aliphatic carbocycles. The predicted molar refractivity (Wildman–Crippen MR) is 119 cm³/mol. The number of halogens is 3. The summed E-state index contributed by atoms with van der Waals surface area (Å²) in [6.45, 7) is 1.89. The molecule has 1 aromatic heterocycles. The molecule has 1 amide bonds. The zero-order valence-electron chi connectivity index (χ0n) is 16.6. The lowest BCUT2D eigenvalue weighted by atomic mass is 10.0. The van der Waals surface area contributed by atoms with Crippen LogP contribution in [0.3, 0.4) is 0 Å². The van der Waals surface area contributed by atoms with Gasteiger partial charge in [-0.1, -0.05) is 54.9 Å². The number of aromatic nitrogens is 2. The van der Waals surface area contributed by atoms with Gasteiger partial charge in [-0.2, -0.15) is 0 Å². The summed E-state index contributed by atoms with van der Waals surface area (Å²) in [4.78, 5) is 16.4. The molecule has 0 saturated carbocycles. The molecule has 0 fully saturated rings. The van der Waals surface area contributed by atoms with Crippen molar-refractivity contribution < 1.29 is 13.6 Å². The van der Waals surface area contributed by atoms with E-state index in [0.717, 1.165) is 5.52 Å². The van der Waals surface area contributed by atoms with E-state index in [4.69, 9.17) is 11.6 Å². The number of nitrogens with zero attached hydrogens (tertiary/aromatic N) is 2. The number of anilines is 1. The highest BCUT2D eigenvalue weighted by atomic mass is 35.5. The summed E-state index contributed by atoms with van der Waals surface area (Å²) in [5.41, 5.74) is 5.49. The number of fused-ring (bicyclic) bond motifs is 1. The van der Waals surface area contributed by atoms with Gasteiger partial charge in [0.25, 0.3) is 0 Å². The molecule has 4 rings (SSSR count). The molecule has 0 aliphatic rings. The number of hydrogen-bond donors (Lipinski definition) is 2. The Balaban J connectivity index is 1.60. The summed E-state index contributed by atoms with van der Waals surface area (Å²) >= 11 is 6.02. The third kappa shape index (κ3) is 4.22. The summed E-state index contributed by atoms with van der Waals surface area (Å²) in [5.74, 6) is -0.808. The normalized spacial score (nSPS) is 11.0. The molecule has 0 aliphatic heterocycles. The SMILES string of the molecule is CCC(=O)Nn1c(NCc2ccc(-c3cccc(F)c3Cl)cc2F)nc2ccccc21. The highest BCUT2D eigenvalue weighted by molar-refractivity contribution is 6.33. The van der Waals surface area contributed by atoms with Crippen molar-refractivity contribution in [3.05, 3.63) is 82.9 Å². The molecule has 0 atom stereocenters. The van der Waals surface area contributed by atoms with Gasteiger partial charge in [0.05, 0.1) is 16.1 Å². The van der Waals surface area contributed by atoms with Crippen molar-refractivity contribution in [2.24, 2.45) is 0 Å². The van der Waals surface area contributed by atoms with Gasteiger partial charge >= 0.3 is 0 Å². The average Bonchev–Trinajstić information content (AvgIpc) is 3.12. The molecule has 3 aromatic carbocycles. The zero-order valence-corrected chi connectivity index (χ0v) is 17.4. The van der Waals surface area contributed by atoms with E-state index in [1.54, 1.807) is 29.8 Å². The van der Waals surface area contributed by atoms with Crippen molar-refractivity contribution in [2.75, 3.05) is 10.7 Å². The first-order valence-corrected chi connectivity index (χ1v) is 10.1. The number of carbonyl (C=O) groups is 1. The number of carbonyl (C=O) groups excluding carboxylic acids is 1. The van der Waals surface area contributed by atoms with E-state index in [9.17, 15) is 13.6 Å². The van der Waals surface area contributed by atoms with Gasteiger partial charge in [-0.25, -0.2) is 18.4 Å². The standard InChI is InChI=1S/C23H19ClF2N4O/c1-2-21(31)29-30-20-9-4-3-8-19(20)28-23(30)27-13-15-11-10-14(12-18(15)26)16-6-5-7-17(25)22(16)24/h3-12H,2,13H2,1H3,(H,27,28)(H,29,31). The van der Waals surface area contributed by atoms with E-state index in [2.05, 4.69) is 15.7 Å². The second kappa shape index (κ2) is 8.73. The van der Waals surface area contributed by atoms with E-state index < -0.39 is 11.6 Å². The number of para-hydroxylation sites is 2. The fourth-order valence-corrected chi connectivity index (χ4v) is 3.46. The monoisotopic (exact) mass is 440 g/mol. The Morgan fingerprint density at radius 2 is 1.87 bits per heavy atom. The molecule has 8 heteroatoms. The van der Waals surface area contributed by atoms with Crippen molar-refractivity contribution in [3.63, 3.8) is 0 Å². The Bertz CT molecular complexity index is 1270. The third-order valence-electron chi connectivity index (χ3n) is 4.87. The van der Waals surface area contributed by atoms with Gasteiger partial charge in [-0.3, -0.25) is 10.2 Å². The Hall–Kier alpha value is -3.45. The number of hydrogen-bond acceptors (Lipinski definition) is 3. The van der Waals surface area contributed by atoms with E-state index in [1.807, 2.05) is 24.3 Å². The molecule has 1 heterocycles. The zero-order chi connectivity index (χ0) is 22.0. The summed E-state index contributed by atoms with van der Waals surface area (Å²) in [6, 6.07) is 16.4. The van der Waals surface area contributed by atoms with Gasteiger partial charge < -0.3 is 5.32 Å². The van der Waals surface area contributed by atoms with Crippen LogP contribution in [0.15, 0.2) is 60.7 Å².